The predicted molar refractivity (Wildman–Crippen MR) is 80.1 cm³/mol. The molecular formula is C16H22O3S. The molecule has 1 aliphatic rings. The molecule has 110 valence electrons. The fraction of sp³-hybridized carbons (Fsp3) is 0.500. The summed E-state index contributed by atoms with van der Waals surface area (Å²) in [6.07, 6.45) is 8.76. The lowest BCUT2D eigenvalue weighted by atomic mass is 10.2. The van der Waals surface area contributed by atoms with E-state index >= 15 is 0 Å². The van der Waals surface area contributed by atoms with E-state index in [1.807, 2.05) is 19.1 Å². The van der Waals surface area contributed by atoms with Gasteiger partial charge in [-0.1, -0.05) is 49.6 Å². The Morgan fingerprint density at radius 3 is 2.45 bits per heavy atom. The van der Waals surface area contributed by atoms with Crippen LogP contribution in [0.25, 0.3) is 0 Å². The van der Waals surface area contributed by atoms with Crippen LogP contribution >= 0.6 is 0 Å². The minimum atomic E-state index is -3.67. The Morgan fingerprint density at radius 2 is 1.90 bits per heavy atom. The van der Waals surface area contributed by atoms with Gasteiger partial charge in [-0.25, -0.2) is 0 Å². The van der Waals surface area contributed by atoms with Gasteiger partial charge in [0, 0.05) is 0 Å². The maximum absolute atomic E-state index is 12.2. The highest BCUT2D eigenvalue weighted by Gasteiger charge is 2.45. The van der Waals surface area contributed by atoms with E-state index in [2.05, 4.69) is 6.92 Å². The molecular weight excluding hydrogens is 272 g/mol. The molecule has 1 aliphatic carbocycles. The lowest BCUT2D eigenvalue weighted by molar-refractivity contribution is 0.237. The van der Waals surface area contributed by atoms with Crippen LogP contribution in [0.5, 0.6) is 0 Å². The monoisotopic (exact) mass is 294 g/mol. The summed E-state index contributed by atoms with van der Waals surface area (Å²) in [4.78, 5) is 0.233. The smallest absolute Gasteiger partial charge is 0.255 e. The van der Waals surface area contributed by atoms with Crippen molar-refractivity contribution in [1.82, 2.24) is 0 Å². The van der Waals surface area contributed by atoms with Crippen LogP contribution in [0, 0.1) is 6.92 Å². The van der Waals surface area contributed by atoms with Crippen molar-refractivity contribution in [3.05, 3.63) is 42.0 Å². The Morgan fingerprint density at radius 1 is 1.25 bits per heavy atom. The van der Waals surface area contributed by atoms with Crippen molar-refractivity contribution >= 4 is 10.1 Å². The number of unbranched alkanes of at least 4 members (excludes halogenated alkanes) is 2. The van der Waals surface area contributed by atoms with E-state index in [1.54, 1.807) is 24.3 Å². The van der Waals surface area contributed by atoms with Gasteiger partial charge in [0.2, 0.25) is 0 Å². The molecule has 0 amide bonds. The van der Waals surface area contributed by atoms with Crippen molar-refractivity contribution in [3.8, 4) is 0 Å². The number of allylic oxidation sites excluding steroid dienone is 1. The molecule has 0 unspecified atom stereocenters. The van der Waals surface area contributed by atoms with Gasteiger partial charge in [-0.2, -0.15) is 8.42 Å². The van der Waals surface area contributed by atoms with Gasteiger partial charge in [0.1, 0.15) is 5.60 Å². The normalized spacial score (nSPS) is 17.5. The van der Waals surface area contributed by atoms with E-state index in [0.717, 1.165) is 37.7 Å². The van der Waals surface area contributed by atoms with E-state index in [1.165, 1.54) is 0 Å². The molecule has 0 bridgehead atoms. The largest absolute Gasteiger partial charge is 0.297 e. The summed E-state index contributed by atoms with van der Waals surface area (Å²) in [7, 11) is -3.67. The van der Waals surface area contributed by atoms with Crippen LogP contribution in [0.4, 0.5) is 0 Å². The van der Waals surface area contributed by atoms with Crippen LogP contribution in [-0.2, 0) is 14.3 Å². The van der Waals surface area contributed by atoms with Gasteiger partial charge in [0.25, 0.3) is 10.1 Å². The van der Waals surface area contributed by atoms with E-state index in [-0.39, 0.29) is 4.90 Å². The first-order chi connectivity index (χ1) is 9.47. The average molecular weight is 294 g/mol. The van der Waals surface area contributed by atoms with Crippen LogP contribution < -0.4 is 0 Å². The van der Waals surface area contributed by atoms with Crippen LogP contribution in [0.3, 0.4) is 0 Å². The summed E-state index contributed by atoms with van der Waals surface area (Å²) in [5.74, 6) is 0. The van der Waals surface area contributed by atoms with Crippen molar-refractivity contribution in [2.24, 2.45) is 0 Å². The van der Waals surface area contributed by atoms with Crippen molar-refractivity contribution in [2.45, 2.75) is 56.4 Å². The predicted octanol–water partition coefficient (Wildman–Crippen LogP) is 3.98. The zero-order chi connectivity index (χ0) is 14.6. The van der Waals surface area contributed by atoms with E-state index in [9.17, 15) is 8.42 Å². The molecule has 0 spiro atoms. The lowest BCUT2D eigenvalue weighted by Gasteiger charge is -2.12. The first-order valence-electron chi connectivity index (χ1n) is 7.17. The third-order valence-corrected chi connectivity index (χ3v) is 4.87. The molecule has 0 heterocycles. The van der Waals surface area contributed by atoms with Crippen molar-refractivity contribution in [2.75, 3.05) is 0 Å². The third kappa shape index (κ3) is 3.93. The molecule has 0 atom stereocenters. The summed E-state index contributed by atoms with van der Waals surface area (Å²) < 4.78 is 29.9. The molecule has 0 aromatic heterocycles. The Labute approximate surface area is 121 Å². The van der Waals surface area contributed by atoms with Crippen LogP contribution in [0.2, 0.25) is 0 Å². The van der Waals surface area contributed by atoms with Crippen molar-refractivity contribution < 1.29 is 12.6 Å². The summed E-state index contributed by atoms with van der Waals surface area (Å²) in [6.45, 7) is 4.06. The maximum atomic E-state index is 12.2. The highest BCUT2D eigenvalue weighted by molar-refractivity contribution is 7.86. The first kappa shape index (κ1) is 15.3. The van der Waals surface area contributed by atoms with E-state index in [0.29, 0.717) is 0 Å². The first-order valence-corrected chi connectivity index (χ1v) is 8.58. The lowest BCUT2D eigenvalue weighted by Crippen LogP contribution is -2.17. The standard InChI is InChI=1S/C16H22O3S/c1-3-4-5-6-11-16(12-13-16)19-20(17,18)15-9-7-14(2)8-10-15/h6-11H,3-5,12-13H2,1-2H3/b11-6+. The second-order valence-corrected chi connectivity index (χ2v) is 7.01. The molecule has 4 heteroatoms. The number of hydrogen-bond donors (Lipinski definition) is 0. The molecule has 3 nitrogen and oxygen atoms in total. The quantitative estimate of drug-likeness (QED) is 0.434. The molecule has 0 radical (unpaired) electrons. The third-order valence-electron chi connectivity index (χ3n) is 3.47. The highest BCUT2D eigenvalue weighted by atomic mass is 32.2. The maximum Gasteiger partial charge on any atom is 0.297 e. The Bertz CT molecular complexity index is 566. The minimum absolute atomic E-state index is 0.233. The van der Waals surface area contributed by atoms with Crippen molar-refractivity contribution in [3.63, 3.8) is 0 Å². The number of rotatable bonds is 7. The Kier molecular flexibility index (Phi) is 4.66. The SMILES string of the molecule is CCCC/C=C/C1(OS(=O)(=O)c2ccc(C)cc2)CC1. The zero-order valence-corrected chi connectivity index (χ0v) is 12.9. The van der Waals surface area contributed by atoms with Crippen LogP contribution in [-0.4, -0.2) is 14.0 Å². The number of hydrogen-bond acceptors (Lipinski definition) is 3. The van der Waals surface area contributed by atoms with Crippen LogP contribution in [0.15, 0.2) is 41.3 Å². The van der Waals surface area contributed by atoms with Gasteiger partial charge >= 0.3 is 0 Å². The molecule has 1 fully saturated rings. The number of aryl methyl sites for hydroxylation is 1. The molecule has 0 saturated heterocycles. The molecule has 20 heavy (non-hydrogen) atoms. The van der Waals surface area contributed by atoms with Gasteiger partial charge in [0.05, 0.1) is 4.90 Å². The summed E-state index contributed by atoms with van der Waals surface area (Å²) in [5.41, 5.74) is 0.446. The van der Waals surface area contributed by atoms with Gasteiger partial charge in [0.15, 0.2) is 0 Å². The second kappa shape index (κ2) is 6.10. The van der Waals surface area contributed by atoms with Crippen molar-refractivity contribution in [1.29, 1.82) is 0 Å². The zero-order valence-electron chi connectivity index (χ0n) is 12.1. The second-order valence-electron chi connectivity index (χ2n) is 5.46. The van der Waals surface area contributed by atoms with Crippen LogP contribution in [0.1, 0.15) is 44.6 Å². The van der Waals surface area contributed by atoms with Gasteiger partial charge in [-0.05, 0) is 38.3 Å². The fourth-order valence-electron chi connectivity index (χ4n) is 1.99. The summed E-state index contributed by atoms with van der Waals surface area (Å²) in [6, 6.07) is 6.77. The summed E-state index contributed by atoms with van der Waals surface area (Å²) in [5, 5.41) is 0. The topological polar surface area (TPSA) is 43.4 Å². The molecule has 1 saturated carbocycles. The highest BCUT2D eigenvalue weighted by Crippen LogP contribution is 2.43. The molecule has 0 aliphatic heterocycles. The van der Waals surface area contributed by atoms with E-state index < -0.39 is 15.7 Å². The van der Waals surface area contributed by atoms with Gasteiger partial charge < -0.3 is 0 Å². The average Bonchev–Trinajstić information content (AvgIpc) is 3.14. The van der Waals surface area contributed by atoms with Gasteiger partial charge in [-0.3, -0.25) is 4.18 Å². The molecule has 1 aromatic carbocycles. The Hall–Kier alpha value is -1.13. The van der Waals surface area contributed by atoms with E-state index in [4.69, 9.17) is 4.18 Å². The molecule has 0 N–H and O–H groups in total. The number of benzene rings is 1. The molecule has 2 rings (SSSR count). The Balaban J connectivity index is 2.05. The summed E-state index contributed by atoms with van der Waals surface area (Å²) >= 11 is 0. The fourth-order valence-corrected chi connectivity index (χ4v) is 3.22. The van der Waals surface area contributed by atoms with Gasteiger partial charge in [-0.15, -0.1) is 0 Å². The molecule has 1 aromatic rings. The minimum Gasteiger partial charge on any atom is -0.255 e.